The summed E-state index contributed by atoms with van der Waals surface area (Å²) in [5.74, 6) is -0.451. The van der Waals surface area contributed by atoms with Crippen molar-refractivity contribution in [2.45, 2.75) is 19.5 Å². The van der Waals surface area contributed by atoms with E-state index in [9.17, 15) is 4.39 Å². The Morgan fingerprint density at radius 3 is 3.00 bits per heavy atom. The minimum absolute atomic E-state index is 0.0386. The van der Waals surface area contributed by atoms with E-state index >= 15 is 0 Å². The van der Waals surface area contributed by atoms with Gasteiger partial charge in [0.15, 0.2) is 4.77 Å². The molecule has 4 nitrogen and oxygen atoms in total. The number of hydrogen-bond donors (Lipinski definition) is 1. The van der Waals surface area contributed by atoms with Crippen LogP contribution in [0.25, 0.3) is 11.0 Å². The number of benzene rings is 1. The van der Waals surface area contributed by atoms with Crippen LogP contribution in [0.2, 0.25) is 5.02 Å². The first kappa shape index (κ1) is 13.3. The molecule has 0 amide bonds. The topological polar surface area (TPSA) is 38.5 Å². The first-order valence-corrected chi connectivity index (χ1v) is 6.91. The van der Waals surface area contributed by atoms with Crippen LogP contribution in [-0.2, 0) is 6.54 Å². The fourth-order valence-electron chi connectivity index (χ4n) is 2.32. The maximum absolute atomic E-state index is 13.7. The lowest BCUT2D eigenvalue weighted by Crippen LogP contribution is -2.13. The second kappa shape index (κ2) is 5.03. The summed E-state index contributed by atoms with van der Waals surface area (Å²) < 4.78 is 17.9. The molecule has 3 rings (SSSR count). The largest absolute Gasteiger partial charge is 0.331 e. The highest BCUT2D eigenvalue weighted by atomic mass is 35.5. The molecule has 0 bridgehead atoms. The molecule has 20 heavy (non-hydrogen) atoms. The predicted molar refractivity (Wildman–Crippen MR) is 79.0 cm³/mol. The summed E-state index contributed by atoms with van der Waals surface area (Å²) in [6, 6.07) is 4.86. The molecule has 0 spiro atoms. The van der Waals surface area contributed by atoms with E-state index in [4.69, 9.17) is 23.8 Å². The molecule has 1 atom stereocenters. The summed E-state index contributed by atoms with van der Waals surface area (Å²) in [6.07, 6.45) is 3.60. The highest BCUT2D eigenvalue weighted by Crippen LogP contribution is 2.25. The Labute approximate surface area is 124 Å². The van der Waals surface area contributed by atoms with Gasteiger partial charge in [-0.1, -0.05) is 11.6 Å². The zero-order valence-corrected chi connectivity index (χ0v) is 12.2. The normalized spacial score (nSPS) is 12.9. The molecule has 104 valence electrons. The molecule has 1 N–H and O–H groups in total. The molecule has 1 unspecified atom stereocenters. The van der Waals surface area contributed by atoms with Gasteiger partial charge < -0.3 is 9.55 Å². The van der Waals surface area contributed by atoms with Gasteiger partial charge in [-0.2, -0.15) is 5.10 Å². The molecular formula is C13H12ClFN4S. The number of aromatic nitrogens is 4. The van der Waals surface area contributed by atoms with Crippen LogP contribution >= 0.6 is 23.8 Å². The third-order valence-corrected chi connectivity index (χ3v) is 3.80. The van der Waals surface area contributed by atoms with Crippen LogP contribution in [0.4, 0.5) is 4.39 Å². The summed E-state index contributed by atoms with van der Waals surface area (Å²) in [6.45, 7) is 2.66. The average Bonchev–Trinajstić information content (AvgIpc) is 2.97. The Kier molecular flexibility index (Phi) is 3.35. The van der Waals surface area contributed by atoms with Gasteiger partial charge >= 0.3 is 0 Å². The molecule has 0 aliphatic carbocycles. The molecule has 0 saturated heterocycles. The van der Waals surface area contributed by atoms with Crippen LogP contribution in [-0.4, -0.2) is 19.3 Å². The van der Waals surface area contributed by atoms with Crippen molar-refractivity contribution >= 4 is 34.9 Å². The summed E-state index contributed by atoms with van der Waals surface area (Å²) in [7, 11) is 0. The van der Waals surface area contributed by atoms with E-state index in [0.717, 1.165) is 5.52 Å². The summed E-state index contributed by atoms with van der Waals surface area (Å²) in [4.78, 5) is 3.05. The number of halogens is 2. The maximum Gasteiger partial charge on any atom is 0.178 e. The monoisotopic (exact) mass is 310 g/mol. The molecule has 1 aromatic carbocycles. The molecule has 0 saturated carbocycles. The van der Waals surface area contributed by atoms with Crippen LogP contribution < -0.4 is 0 Å². The second-order valence-corrected chi connectivity index (χ2v) is 5.45. The van der Waals surface area contributed by atoms with Crippen molar-refractivity contribution in [1.29, 1.82) is 0 Å². The van der Waals surface area contributed by atoms with E-state index in [1.165, 1.54) is 6.07 Å². The highest BCUT2D eigenvalue weighted by molar-refractivity contribution is 7.71. The smallest absolute Gasteiger partial charge is 0.178 e. The molecule has 0 aliphatic rings. The number of hydrogen-bond acceptors (Lipinski definition) is 2. The average molecular weight is 311 g/mol. The standard InChI is InChI=1S/C13H12ClFN4S/c1-8(7-18-4-2-3-16-18)19-12-6-10(15)9(14)5-11(12)17-13(19)20/h2-6,8H,7H2,1H3,(H,17,20). The van der Waals surface area contributed by atoms with Crippen molar-refractivity contribution in [2.24, 2.45) is 0 Å². The first-order chi connectivity index (χ1) is 9.56. The van der Waals surface area contributed by atoms with Gasteiger partial charge in [-0.3, -0.25) is 4.68 Å². The minimum Gasteiger partial charge on any atom is -0.331 e. The second-order valence-electron chi connectivity index (χ2n) is 4.66. The summed E-state index contributed by atoms with van der Waals surface area (Å²) >= 11 is 11.1. The quantitative estimate of drug-likeness (QED) is 0.744. The molecule has 0 radical (unpaired) electrons. The number of H-pyrrole nitrogens is 1. The molecule has 2 heterocycles. The minimum atomic E-state index is -0.451. The Hall–Kier alpha value is -1.66. The summed E-state index contributed by atoms with van der Waals surface area (Å²) in [5, 5.41) is 4.26. The van der Waals surface area contributed by atoms with E-state index in [0.29, 0.717) is 16.8 Å². The third-order valence-electron chi connectivity index (χ3n) is 3.21. The van der Waals surface area contributed by atoms with Gasteiger partial charge in [0.25, 0.3) is 0 Å². The van der Waals surface area contributed by atoms with Gasteiger partial charge in [-0.05, 0) is 31.3 Å². The van der Waals surface area contributed by atoms with Crippen molar-refractivity contribution in [1.82, 2.24) is 19.3 Å². The Bertz CT molecular complexity index is 806. The van der Waals surface area contributed by atoms with Crippen LogP contribution in [0.3, 0.4) is 0 Å². The lowest BCUT2D eigenvalue weighted by molar-refractivity contribution is 0.442. The third kappa shape index (κ3) is 2.25. The van der Waals surface area contributed by atoms with E-state index in [-0.39, 0.29) is 11.1 Å². The van der Waals surface area contributed by atoms with E-state index < -0.39 is 5.82 Å². The number of nitrogens with one attached hydrogen (secondary N) is 1. The Morgan fingerprint density at radius 1 is 1.50 bits per heavy atom. The molecule has 3 aromatic rings. The van der Waals surface area contributed by atoms with Gasteiger partial charge in [-0.15, -0.1) is 0 Å². The number of rotatable bonds is 3. The van der Waals surface area contributed by atoms with Gasteiger partial charge in [0.2, 0.25) is 0 Å². The predicted octanol–water partition coefficient (Wildman–Crippen LogP) is 3.95. The van der Waals surface area contributed by atoms with E-state index in [1.54, 1.807) is 12.3 Å². The molecule has 0 fully saturated rings. The van der Waals surface area contributed by atoms with Crippen LogP contribution in [0.1, 0.15) is 13.0 Å². The van der Waals surface area contributed by atoms with Crippen molar-refractivity contribution in [3.05, 3.63) is 46.2 Å². The van der Waals surface area contributed by atoms with Crippen LogP contribution in [0.5, 0.6) is 0 Å². The molecule has 7 heteroatoms. The van der Waals surface area contributed by atoms with Crippen molar-refractivity contribution in [3.63, 3.8) is 0 Å². The van der Waals surface area contributed by atoms with Gasteiger partial charge in [-0.25, -0.2) is 4.39 Å². The Morgan fingerprint density at radius 2 is 2.30 bits per heavy atom. The van der Waals surface area contributed by atoms with E-state index in [2.05, 4.69) is 10.1 Å². The van der Waals surface area contributed by atoms with Crippen LogP contribution in [0, 0.1) is 10.6 Å². The van der Waals surface area contributed by atoms with Gasteiger partial charge in [0.1, 0.15) is 5.82 Å². The number of nitrogens with zero attached hydrogens (tertiary/aromatic N) is 3. The zero-order chi connectivity index (χ0) is 14.3. The van der Waals surface area contributed by atoms with Crippen molar-refractivity contribution in [2.75, 3.05) is 0 Å². The lowest BCUT2D eigenvalue weighted by atomic mass is 10.2. The summed E-state index contributed by atoms with van der Waals surface area (Å²) in [5.41, 5.74) is 1.44. The van der Waals surface area contributed by atoms with Crippen molar-refractivity contribution in [3.8, 4) is 0 Å². The fourth-order valence-corrected chi connectivity index (χ4v) is 2.87. The molecule has 0 aliphatic heterocycles. The fraction of sp³-hybridized carbons (Fsp3) is 0.231. The number of imidazole rings is 1. The number of fused-ring (bicyclic) bond motifs is 1. The SMILES string of the molecule is CC(Cn1cccn1)n1c(=S)[nH]c2cc(Cl)c(F)cc21. The van der Waals surface area contributed by atoms with Gasteiger partial charge in [0.05, 0.1) is 28.6 Å². The zero-order valence-electron chi connectivity index (χ0n) is 10.7. The van der Waals surface area contributed by atoms with Crippen LogP contribution in [0.15, 0.2) is 30.6 Å². The molecular weight excluding hydrogens is 299 g/mol. The van der Waals surface area contributed by atoms with E-state index in [1.807, 2.05) is 28.4 Å². The Balaban J connectivity index is 2.08. The highest BCUT2D eigenvalue weighted by Gasteiger charge is 2.14. The lowest BCUT2D eigenvalue weighted by Gasteiger charge is -2.14. The van der Waals surface area contributed by atoms with Crippen molar-refractivity contribution < 1.29 is 4.39 Å². The molecule has 2 aromatic heterocycles. The van der Waals surface area contributed by atoms with Gasteiger partial charge in [0, 0.05) is 18.5 Å². The number of aromatic amines is 1. The first-order valence-electron chi connectivity index (χ1n) is 6.13. The maximum atomic E-state index is 13.7.